The number of hydrogen-bond acceptors (Lipinski definition) is 5. The molecule has 1 aliphatic rings. The van der Waals surface area contributed by atoms with Crippen molar-refractivity contribution in [3.8, 4) is 0 Å². The Bertz CT molecular complexity index is 421. The van der Waals surface area contributed by atoms with Crippen LogP contribution in [0.15, 0.2) is 5.03 Å². The first-order valence-electron chi connectivity index (χ1n) is 7.00. The topological polar surface area (TPSA) is 47.0 Å². The van der Waals surface area contributed by atoms with Crippen molar-refractivity contribution in [3.05, 3.63) is 11.4 Å². The normalized spacial score (nSPS) is 14.7. The molecule has 0 unspecified atom stereocenters. The van der Waals surface area contributed by atoms with Gasteiger partial charge >= 0.3 is 0 Å². The molecule has 5 heteroatoms. The van der Waals surface area contributed by atoms with Gasteiger partial charge in [-0.3, -0.25) is 0 Å². The van der Waals surface area contributed by atoms with Crippen LogP contribution in [-0.2, 0) is 4.74 Å². The standard InChI is InChI=1S/C14H23N3OS/c1-4-15-12-10(2)14(19-9-5-8-18-3)17-13(16-12)11-6-7-11/h11H,4-9H2,1-3H3,(H,15,16,17). The zero-order chi connectivity index (χ0) is 13.7. The number of aromatic nitrogens is 2. The van der Waals surface area contributed by atoms with E-state index in [-0.39, 0.29) is 0 Å². The summed E-state index contributed by atoms with van der Waals surface area (Å²) in [6.45, 7) is 5.92. The molecule has 1 saturated carbocycles. The van der Waals surface area contributed by atoms with Gasteiger partial charge in [-0.2, -0.15) is 0 Å². The quantitative estimate of drug-likeness (QED) is 0.450. The Hall–Kier alpha value is -0.810. The van der Waals surface area contributed by atoms with E-state index in [1.54, 1.807) is 7.11 Å². The minimum Gasteiger partial charge on any atom is -0.385 e. The van der Waals surface area contributed by atoms with Crippen molar-refractivity contribution < 1.29 is 4.74 Å². The highest BCUT2D eigenvalue weighted by atomic mass is 32.2. The summed E-state index contributed by atoms with van der Waals surface area (Å²) in [4.78, 5) is 9.41. The van der Waals surface area contributed by atoms with Crippen molar-refractivity contribution in [3.63, 3.8) is 0 Å². The lowest BCUT2D eigenvalue weighted by Gasteiger charge is -2.12. The van der Waals surface area contributed by atoms with Gasteiger partial charge in [0.2, 0.25) is 0 Å². The number of methoxy groups -OCH3 is 1. The van der Waals surface area contributed by atoms with Crippen molar-refractivity contribution >= 4 is 17.6 Å². The lowest BCUT2D eigenvalue weighted by atomic mass is 10.3. The monoisotopic (exact) mass is 281 g/mol. The predicted octanol–water partition coefficient (Wildman–Crippen LogP) is 3.22. The second-order valence-electron chi connectivity index (χ2n) is 4.86. The molecule has 0 aromatic carbocycles. The highest BCUT2D eigenvalue weighted by Gasteiger charge is 2.28. The van der Waals surface area contributed by atoms with E-state index in [0.717, 1.165) is 42.0 Å². The molecule has 1 aromatic rings. The van der Waals surface area contributed by atoms with Gasteiger partial charge in [-0.05, 0) is 33.1 Å². The molecular weight excluding hydrogens is 258 g/mol. The molecule has 0 atom stereocenters. The summed E-state index contributed by atoms with van der Waals surface area (Å²) < 4.78 is 5.09. The van der Waals surface area contributed by atoms with Crippen molar-refractivity contribution in [2.75, 3.05) is 31.3 Å². The van der Waals surface area contributed by atoms with Crippen LogP contribution in [0, 0.1) is 6.92 Å². The number of ether oxygens (including phenoxy) is 1. The molecule has 0 radical (unpaired) electrons. The van der Waals surface area contributed by atoms with Crippen LogP contribution in [0.5, 0.6) is 0 Å². The van der Waals surface area contributed by atoms with Crippen molar-refractivity contribution in [1.82, 2.24) is 9.97 Å². The van der Waals surface area contributed by atoms with E-state index in [1.807, 2.05) is 11.8 Å². The summed E-state index contributed by atoms with van der Waals surface area (Å²) in [5.74, 6) is 3.67. The fourth-order valence-corrected chi connectivity index (χ4v) is 2.82. The molecule has 1 fully saturated rings. The lowest BCUT2D eigenvalue weighted by Crippen LogP contribution is -2.07. The van der Waals surface area contributed by atoms with Crippen LogP contribution in [0.4, 0.5) is 5.82 Å². The maximum Gasteiger partial charge on any atom is 0.135 e. The molecule has 0 aliphatic heterocycles. The first-order chi connectivity index (χ1) is 9.26. The van der Waals surface area contributed by atoms with Crippen LogP contribution >= 0.6 is 11.8 Å². The van der Waals surface area contributed by atoms with Crippen LogP contribution in [0.25, 0.3) is 0 Å². The van der Waals surface area contributed by atoms with Crippen LogP contribution < -0.4 is 5.32 Å². The summed E-state index contributed by atoms with van der Waals surface area (Å²) in [6.07, 6.45) is 3.53. The number of rotatable bonds is 8. The van der Waals surface area contributed by atoms with E-state index in [4.69, 9.17) is 9.72 Å². The zero-order valence-electron chi connectivity index (χ0n) is 12.0. The SMILES string of the molecule is CCNc1nc(C2CC2)nc(SCCCOC)c1C. The fraction of sp³-hybridized carbons (Fsp3) is 0.714. The van der Waals surface area contributed by atoms with E-state index >= 15 is 0 Å². The Morgan fingerprint density at radius 2 is 2.16 bits per heavy atom. The highest BCUT2D eigenvalue weighted by molar-refractivity contribution is 7.99. The van der Waals surface area contributed by atoms with Crippen LogP contribution in [0.2, 0.25) is 0 Å². The Balaban J connectivity index is 2.10. The molecule has 0 saturated heterocycles. The number of hydrogen-bond donors (Lipinski definition) is 1. The Morgan fingerprint density at radius 1 is 1.37 bits per heavy atom. The Labute approximate surface area is 119 Å². The van der Waals surface area contributed by atoms with Crippen LogP contribution in [0.1, 0.15) is 43.5 Å². The first kappa shape index (κ1) is 14.6. The second kappa shape index (κ2) is 7.10. The fourth-order valence-electron chi connectivity index (χ4n) is 1.89. The minimum absolute atomic E-state index is 0.594. The highest BCUT2D eigenvalue weighted by Crippen LogP contribution is 2.40. The third-order valence-corrected chi connectivity index (χ3v) is 4.30. The molecule has 0 spiro atoms. The van der Waals surface area contributed by atoms with Gasteiger partial charge in [0.15, 0.2) is 0 Å². The van der Waals surface area contributed by atoms with Gasteiger partial charge < -0.3 is 10.1 Å². The maximum atomic E-state index is 5.09. The van der Waals surface area contributed by atoms with Crippen molar-refractivity contribution in [2.45, 2.75) is 44.1 Å². The third-order valence-electron chi connectivity index (χ3n) is 3.14. The van der Waals surface area contributed by atoms with E-state index in [1.165, 1.54) is 18.4 Å². The first-order valence-corrected chi connectivity index (χ1v) is 7.99. The zero-order valence-corrected chi connectivity index (χ0v) is 12.8. The largest absolute Gasteiger partial charge is 0.385 e. The summed E-state index contributed by atoms with van der Waals surface area (Å²) in [5.41, 5.74) is 1.17. The number of nitrogens with zero attached hydrogens (tertiary/aromatic N) is 2. The molecule has 0 bridgehead atoms. The molecule has 0 amide bonds. The van der Waals surface area contributed by atoms with Crippen molar-refractivity contribution in [2.24, 2.45) is 0 Å². The van der Waals surface area contributed by atoms with E-state index in [0.29, 0.717) is 5.92 Å². The maximum absolute atomic E-state index is 5.09. The molecule has 1 heterocycles. The van der Waals surface area contributed by atoms with E-state index in [2.05, 4.69) is 24.1 Å². The summed E-state index contributed by atoms with van der Waals surface area (Å²) >= 11 is 1.82. The van der Waals surface area contributed by atoms with Crippen LogP contribution in [0.3, 0.4) is 0 Å². The van der Waals surface area contributed by atoms with Gasteiger partial charge in [-0.15, -0.1) is 11.8 Å². The third kappa shape index (κ3) is 4.08. The molecule has 4 nitrogen and oxygen atoms in total. The Kier molecular flexibility index (Phi) is 5.45. The summed E-state index contributed by atoms with van der Waals surface area (Å²) in [6, 6.07) is 0. The van der Waals surface area contributed by atoms with Crippen LogP contribution in [-0.4, -0.2) is 36.0 Å². The number of nitrogens with one attached hydrogen (secondary N) is 1. The summed E-state index contributed by atoms with van der Waals surface area (Å²) in [7, 11) is 1.75. The molecule has 106 valence electrons. The number of anilines is 1. The Morgan fingerprint density at radius 3 is 2.79 bits per heavy atom. The minimum atomic E-state index is 0.594. The lowest BCUT2D eigenvalue weighted by molar-refractivity contribution is 0.200. The molecule has 1 N–H and O–H groups in total. The predicted molar refractivity (Wildman–Crippen MR) is 80.1 cm³/mol. The number of thioether (sulfide) groups is 1. The molecule has 2 rings (SSSR count). The summed E-state index contributed by atoms with van der Waals surface area (Å²) in [5, 5.41) is 4.48. The second-order valence-corrected chi connectivity index (χ2v) is 5.94. The van der Waals surface area contributed by atoms with Gasteiger partial charge in [0, 0.05) is 37.5 Å². The average Bonchev–Trinajstić information content (AvgIpc) is 3.23. The van der Waals surface area contributed by atoms with E-state index in [9.17, 15) is 0 Å². The molecule has 1 aliphatic carbocycles. The van der Waals surface area contributed by atoms with Gasteiger partial charge in [-0.1, -0.05) is 0 Å². The molecule has 1 aromatic heterocycles. The van der Waals surface area contributed by atoms with E-state index < -0.39 is 0 Å². The van der Waals surface area contributed by atoms with Gasteiger partial charge in [0.05, 0.1) is 0 Å². The average molecular weight is 281 g/mol. The van der Waals surface area contributed by atoms with Gasteiger partial charge in [0.1, 0.15) is 16.7 Å². The van der Waals surface area contributed by atoms with Gasteiger partial charge in [-0.25, -0.2) is 9.97 Å². The molecular formula is C14H23N3OS. The molecule has 19 heavy (non-hydrogen) atoms. The van der Waals surface area contributed by atoms with Crippen molar-refractivity contribution in [1.29, 1.82) is 0 Å². The van der Waals surface area contributed by atoms with Gasteiger partial charge in [0.25, 0.3) is 0 Å². The smallest absolute Gasteiger partial charge is 0.135 e.